The summed E-state index contributed by atoms with van der Waals surface area (Å²) in [6.45, 7) is 1.85. The Bertz CT molecular complexity index is 935. The Hall–Kier alpha value is -3.32. The van der Waals surface area contributed by atoms with E-state index in [0.29, 0.717) is 21.8 Å². The smallest absolute Gasteiger partial charge is 0.353 e. The first kappa shape index (κ1) is 17.5. The fourth-order valence-electron chi connectivity index (χ4n) is 2.04. The third kappa shape index (κ3) is 4.61. The lowest BCUT2D eigenvalue weighted by molar-refractivity contribution is 0.0739. The highest BCUT2D eigenvalue weighted by molar-refractivity contribution is 7.12. The zero-order chi connectivity index (χ0) is 18.4. The normalized spacial score (nSPS) is 10.7. The summed E-state index contributed by atoms with van der Waals surface area (Å²) in [5.41, 5.74) is 4.37. The Morgan fingerprint density at radius 2 is 2.08 bits per heavy atom. The molecule has 2 heterocycles. The van der Waals surface area contributed by atoms with Gasteiger partial charge in [0, 0.05) is 11.9 Å². The fourth-order valence-corrected chi connectivity index (χ4v) is 2.64. The van der Waals surface area contributed by atoms with Gasteiger partial charge in [-0.1, -0.05) is 18.2 Å². The molecular formula is C19H15N3O3S. The Labute approximate surface area is 154 Å². The van der Waals surface area contributed by atoms with E-state index in [1.807, 2.05) is 12.3 Å². The van der Waals surface area contributed by atoms with Gasteiger partial charge >= 0.3 is 5.97 Å². The molecule has 1 amide bonds. The number of ether oxygens (including phenoxy) is 1. The Kier molecular flexibility index (Phi) is 5.50. The number of aromatic nitrogens is 1. The molecule has 0 saturated carbocycles. The molecule has 7 heteroatoms. The quantitative estimate of drug-likeness (QED) is 0.325. The number of carbonyl (C=O) groups is 2. The topological polar surface area (TPSA) is 80.6 Å². The number of nitrogens with one attached hydrogen (secondary N) is 1. The molecular weight excluding hydrogens is 350 g/mol. The average Bonchev–Trinajstić information content (AvgIpc) is 3.17. The summed E-state index contributed by atoms with van der Waals surface area (Å²) >= 11 is 1.32. The van der Waals surface area contributed by atoms with Gasteiger partial charge in [-0.2, -0.15) is 5.10 Å². The van der Waals surface area contributed by atoms with Crippen LogP contribution < -0.4 is 10.2 Å². The number of hydrogen-bond acceptors (Lipinski definition) is 6. The molecule has 0 radical (unpaired) electrons. The lowest BCUT2D eigenvalue weighted by Gasteiger charge is -2.03. The highest BCUT2D eigenvalue weighted by Crippen LogP contribution is 2.16. The third-order valence-corrected chi connectivity index (χ3v) is 4.19. The summed E-state index contributed by atoms with van der Waals surface area (Å²) in [7, 11) is 0. The molecule has 3 aromatic rings. The second-order valence-corrected chi connectivity index (χ2v) is 6.27. The monoisotopic (exact) mass is 365 g/mol. The minimum atomic E-state index is -0.408. The van der Waals surface area contributed by atoms with Gasteiger partial charge in [-0.25, -0.2) is 10.2 Å². The van der Waals surface area contributed by atoms with Crippen LogP contribution >= 0.6 is 11.3 Å². The molecule has 0 bridgehead atoms. The molecule has 0 atom stereocenters. The van der Waals surface area contributed by atoms with Gasteiger partial charge in [0.2, 0.25) is 0 Å². The lowest BCUT2D eigenvalue weighted by Crippen LogP contribution is -2.17. The van der Waals surface area contributed by atoms with Gasteiger partial charge in [-0.15, -0.1) is 11.3 Å². The molecule has 26 heavy (non-hydrogen) atoms. The van der Waals surface area contributed by atoms with Crippen LogP contribution in [0.2, 0.25) is 0 Å². The van der Waals surface area contributed by atoms with Crippen LogP contribution in [0.4, 0.5) is 0 Å². The van der Waals surface area contributed by atoms with E-state index in [0.717, 1.165) is 5.69 Å². The van der Waals surface area contributed by atoms with Gasteiger partial charge in [-0.05, 0) is 48.2 Å². The number of pyridine rings is 1. The molecule has 0 aliphatic rings. The molecule has 0 saturated heterocycles. The number of carbonyl (C=O) groups excluding carboxylic acids is 2. The van der Waals surface area contributed by atoms with Crippen LogP contribution in [0.3, 0.4) is 0 Å². The van der Waals surface area contributed by atoms with Crippen molar-refractivity contribution in [1.29, 1.82) is 0 Å². The molecule has 6 nitrogen and oxygen atoms in total. The number of esters is 1. The van der Waals surface area contributed by atoms with Crippen LogP contribution in [0.1, 0.15) is 31.3 Å². The summed E-state index contributed by atoms with van der Waals surface area (Å²) in [6.07, 6.45) is 2.97. The third-order valence-electron chi connectivity index (χ3n) is 3.34. The first-order valence-corrected chi connectivity index (χ1v) is 8.61. The first-order valence-electron chi connectivity index (χ1n) is 7.73. The van der Waals surface area contributed by atoms with Crippen molar-refractivity contribution in [1.82, 2.24) is 10.4 Å². The zero-order valence-corrected chi connectivity index (χ0v) is 14.7. The Morgan fingerprint density at radius 1 is 1.19 bits per heavy atom. The van der Waals surface area contributed by atoms with E-state index >= 15 is 0 Å². The first-order chi connectivity index (χ1) is 12.6. The van der Waals surface area contributed by atoms with E-state index < -0.39 is 5.97 Å². The zero-order valence-electron chi connectivity index (χ0n) is 13.9. The molecule has 0 fully saturated rings. The summed E-state index contributed by atoms with van der Waals surface area (Å²) in [5, 5.41) is 5.73. The summed E-state index contributed by atoms with van der Waals surface area (Å²) in [5.74, 6) is -0.357. The van der Waals surface area contributed by atoms with Crippen LogP contribution in [0.5, 0.6) is 5.75 Å². The maximum Gasteiger partial charge on any atom is 0.353 e. The second-order valence-electron chi connectivity index (χ2n) is 5.33. The maximum atomic E-state index is 12.0. The van der Waals surface area contributed by atoms with Crippen LogP contribution in [0, 0.1) is 6.92 Å². The van der Waals surface area contributed by atoms with E-state index in [1.165, 1.54) is 23.7 Å². The summed E-state index contributed by atoms with van der Waals surface area (Å²) in [4.78, 5) is 28.5. The predicted molar refractivity (Wildman–Crippen MR) is 99.8 cm³/mol. The number of amides is 1. The van der Waals surface area contributed by atoms with Crippen molar-refractivity contribution in [2.75, 3.05) is 0 Å². The van der Waals surface area contributed by atoms with Gasteiger partial charge in [-0.3, -0.25) is 9.78 Å². The van der Waals surface area contributed by atoms with Crippen molar-refractivity contribution in [3.05, 3.63) is 81.8 Å². The largest absolute Gasteiger partial charge is 0.422 e. The fraction of sp³-hybridized carbons (Fsp3) is 0.0526. The van der Waals surface area contributed by atoms with Gasteiger partial charge in [0.1, 0.15) is 10.6 Å². The number of hydrazone groups is 1. The number of hydrogen-bond donors (Lipinski definition) is 1. The van der Waals surface area contributed by atoms with Crippen molar-refractivity contribution in [3.63, 3.8) is 0 Å². The van der Waals surface area contributed by atoms with Crippen LogP contribution in [0.25, 0.3) is 0 Å². The molecule has 0 aliphatic heterocycles. The lowest BCUT2D eigenvalue weighted by atomic mass is 10.2. The number of nitrogens with zero attached hydrogens (tertiary/aromatic N) is 2. The van der Waals surface area contributed by atoms with E-state index in [1.54, 1.807) is 48.5 Å². The molecule has 0 aliphatic carbocycles. The SMILES string of the molecule is Cc1ccc(C(=O)NN=Cc2cccc(OC(=O)c3cccs3)c2)cn1. The molecule has 130 valence electrons. The van der Waals surface area contributed by atoms with E-state index in [9.17, 15) is 9.59 Å². The molecule has 3 rings (SSSR count). The molecule has 0 unspecified atom stereocenters. The van der Waals surface area contributed by atoms with E-state index in [2.05, 4.69) is 15.5 Å². The van der Waals surface area contributed by atoms with Gasteiger partial charge < -0.3 is 4.74 Å². The van der Waals surface area contributed by atoms with Gasteiger partial charge in [0.05, 0.1) is 11.8 Å². The highest BCUT2D eigenvalue weighted by Gasteiger charge is 2.09. The number of rotatable bonds is 5. The number of benzene rings is 1. The minimum Gasteiger partial charge on any atom is -0.422 e. The van der Waals surface area contributed by atoms with E-state index in [-0.39, 0.29) is 5.91 Å². The highest BCUT2D eigenvalue weighted by atomic mass is 32.1. The van der Waals surface area contributed by atoms with Crippen molar-refractivity contribution in [2.24, 2.45) is 5.10 Å². The average molecular weight is 365 g/mol. The number of aryl methyl sites for hydroxylation is 1. The van der Waals surface area contributed by atoms with Gasteiger partial charge in [0.15, 0.2) is 0 Å². The summed E-state index contributed by atoms with van der Waals surface area (Å²) in [6, 6.07) is 13.8. The van der Waals surface area contributed by atoms with Crippen molar-refractivity contribution in [3.8, 4) is 5.75 Å². The summed E-state index contributed by atoms with van der Waals surface area (Å²) < 4.78 is 5.32. The minimum absolute atomic E-state index is 0.353. The molecule has 1 N–H and O–H groups in total. The van der Waals surface area contributed by atoms with Gasteiger partial charge in [0.25, 0.3) is 5.91 Å². The second kappa shape index (κ2) is 8.17. The maximum absolute atomic E-state index is 12.0. The molecule has 2 aromatic heterocycles. The Morgan fingerprint density at radius 3 is 2.81 bits per heavy atom. The predicted octanol–water partition coefficient (Wildman–Crippen LogP) is 3.43. The van der Waals surface area contributed by atoms with Crippen LogP contribution in [-0.4, -0.2) is 23.1 Å². The standard InChI is InChI=1S/C19H15N3O3S/c1-13-7-8-15(12-20-13)18(23)22-21-11-14-4-2-5-16(10-14)25-19(24)17-6-3-9-26-17/h2-12H,1H3,(H,22,23). The molecule has 0 spiro atoms. The van der Waals surface area contributed by atoms with Crippen molar-refractivity contribution < 1.29 is 14.3 Å². The Balaban J connectivity index is 1.61. The van der Waals surface area contributed by atoms with Crippen LogP contribution in [-0.2, 0) is 0 Å². The van der Waals surface area contributed by atoms with Crippen LogP contribution in [0.15, 0.2) is 65.2 Å². The van der Waals surface area contributed by atoms with Crippen molar-refractivity contribution >= 4 is 29.4 Å². The van der Waals surface area contributed by atoms with E-state index in [4.69, 9.17) is 4.74 Å². The number of thiophene rings is 1. The molecule has 1 aromatic carbocycles. The van der Waals surface area contributed by atoms with Crippen molar-refractivity contribution in [2.45, 2.75) is 6.92 Å².